The summed E-state index contributed by atoms with van der Waals surface area (Å²) in [7, 11) is 1.33. The number of nitrogens with zero attached hydrogens (tertiary/aromatic N) is 1. The Morgan fingerprint density at radius 2 is 1.92 bits per heavy atom. The Labute approximate surface area is 147 Å². The summed E-state index contributed by atoms with van der Waals surface area (Å²) >= 11 is 0. The van der Waals surface area contributed by atoms with E-state index in [0.717, 1.165) is 11.3 Å². The van der Waals surface area contributed by atoms with E-state index in [0.29, 0.717) is 24.2 Å². The van der Waals surface area contributed by atoms with Gasteiger partial charge in [-0.15, -0.1) is 0 Å². The third-order valence-corrected chi connectivity index (χ3v) is 4.47. The van der Waals surface area contributed by atoms with Gasteiger partial charge in [-0.25, -0.2) is 4.79 Å². The lowest BCUT2D eigenvalue weighted by Crippen LogP contribution is -2.52. The zero-order chi connectivity index (χ0) is 18.4. The van der Waals surface area contributed by atoms with Gasteiger partial charge in [-0.1, -0.05) is 42.4 Å². The van der Waals surface area contributed by atoms with Crippen molar-refractivity contribution in [2.45, 2.75) is 45.6 Å². The molecule has 0 aliphatic rings. The Balaban J connectivity index is 2.19. The predicted octanol–water partition coefficient (Wildman–Crippen LogP) is 2.82. The van der Waals surface area contributed by atoms with Gasteiger partial charge in [0, 0.05) is 12.0 Å². The minimum Gasteiger partial charge on any atom is -0.467 e. The molecule has 6 heteroatoms. The van der Waals surface area contributed by atoms with Crippen molar-refractivity contribution in [3.8, 4) is 0 Å². The van der Waals surface area contributed by atoms with Crippen molar-refractivity contribution in [1.82, 2.24) is 10.5 Å². The van der Waals surface area contributed by atoms with Crippen LogP contribution >= 0.6 is 0 Å². The lowest BCUT2D eigenvalue weighted by atomic mass is 9.86. The van der Waals surface area contributed by atoms with Crippen LogP contribution in [-0.4, -0.2) is 24.1 Å². The molecule has 1 aromatic carbocycles. The van der Waals surface area contributed by atoms with E-state index < -0.39 is 11.5 Å². The molecule has 0 saturated heterocycles. The van der Waals surface area contributed by atoms with Crippen molar-refractivity contribution in [2.75, 3.05) is 7.11 Å². The fraction of sp³-hybridized carbons (Fsp3) is 0.421. The summed E-state index contributed by atoms with van der Waals surface area (Å²) in [5.74, 6) is 0.00562. The molecule has 2 aromatic rings. The number of amides is 1. The van der Waals surface area contributed by atoms with Gasteiger partial charge < -0.3 is 14.6 Å². The third-order valence-electron chi connectivity index (χ3n) is 4.47. The van der Waals surface area contributed by atoms with Crippen LogP contribution in [0.2, 0.25) is 0 Å². The lowest BCUT2D eigenvalue weighted by molar-refractivity contribution is -0.151. The Morgan fingerprint density at radius 3 is 2.44 bits per heavy atom. The number of carbonyl (C=O) groups is 2. The van der Waals surface area contributed by atoms with E-state index in [4.69, 9.17) is 9.26 Å². The number of esters is 1. The molecule has 1 heterocycles. The molecule has 1 amide bonds. The number of hydrogen-bond donors (Lipinski definition) is 1. The highest BCUT2D eigenvalue weighted by Gasteiger charge is 2.41. The van der Waals surface area contributed by atoms with Gasteiger partial charge in [0.1, 0.15) is 5.76 Å². The van der Waals surface area contributed by atoms with Crippen LogP contribution in [0.15, 0.2) is 34.9 Å². The van der Waals surface area contributed by atoms with E-state index >= 15 is 0 Å². The van der Waals surface area contributed by atoms with Crippen LogP contribution in [0.5, 0.6) is 0 Å². The van der Waals surface area contributed by atoms with Crippen LogP contribution in [0.4, 0.5) is 0 Å². The van der Waals surface area contributed by atoms with Gasteiger partial charge in [-0.3, -0.25) is 4.79 Å². The molecule has 1 aromatic heterocycles. The summed E-state index contributed by atoms with van der Waals surface area (Å²) < 4.78 is 10.1. The number of aromatic nitrogens is 1. The van der Waals surface area contributed by atoms with Gasteiger partial charge in [0.15, 0.2) is 5.54 Å². The first-order valence-corrected chi connectivity index (χ1v) is 8.31. The molecule has 0 unspecified atom stereocenters. The number of carbonyl (C=O) groups excluding carboxylic acids is 2. The number of hydrogen-bond acceptors (Lipinski definition) is 5. The molecule has 6 nitrogen and oxygen atoms in total. The van der Waals surface area contributed by atoms with E-state index in [1.165, 1.54) is 7.11 Å². The van der Waals surface area contributed by atoms with Crippen molar-refractivity contribution in [3.05, 3.63) is 52.9 Å². The normalized spacial score (nSPS) is 13.1. The molecule has 0 aliphatic carbocycles. The molecule has 1 atom stereocenters. The number of ether oxygens (including phenoxy) is 1. The minimum absolute atomic E-state index is 0.226. The molecule has 0 saturated carbocycles. The van der Waals surface area contributed by atoms with Crippen LogP contribution in [-0.2, 0) is 26.3 Å². The molecule has 0 fully saturated rings. The van der Waals surface area contributed by atoms with Gasteiger partial charge in [-0.2, -0.15) is 0 Å². The lowest BCUT2D eigenvalue weighted by Gasteiger charge is -2.31. The van der Waals surface area contributed by atoms with Gasteiger partial charge >= 0.3 is 5.97 Å². The maximum absolute atomic E-state index is 12.6. The molecule has 134 valence electrons. The maximum atomic E-state index is 12.6. The van der Waals surface area contributed by atoms with E-state index in [1.54, 1.807) is 0 Å². The fourth-order valence-corrected chi connectivity index (χ4v) is 2.97. The Bertz CT molecular complexity index is 720. The SMILES string of the molecule is CC[C@@](NC(=O)CCc1c(C)noc1C)(C(=O)OC)c1ccccc1. The second-order valence-corrected chi connectivity index (χ2v) is 5.97. The number of aryl methyl sites for hydroxylation is 2. The Morgan fingerprint density at radius 1 is 1.24 bits per heavy atom. The first-order valence-electron chi connectivity index (χ1n) is 8.31. The first-order chi connectivity index (χ1) is 11.9. The molecule has 0 radical (unpaired) electrons. The highest BCUT2D eigenvalue weighted by Crippen LogP contribution is 2.27. The summed E-state index contributed by atoms with van der Waals surface area (Å²) in [4.78, 5) is 25.0. The summed E-state index contributed by atoms with van der Waals surface area (Å²) in [6.45, 7) is 5.51. The van der Waals surface area contributed by atoms with Gasteiger partial charge in [0.25, 0.3) is 0 Å². The summed E-state index contributed by atoms with van der Waals surface area (Å²) in [6.07, 6.45) is 1.12. The van der Waals surface area contributed by atoms with Crippen molar-refractivity contribution in [2.24, 2.45) is 0 Å². The van der Waals surface area contributed by atoms with Crippen LogP contribution in [0.3, 0.4) is 0 Å². The molecular formula is C19H24N2O4. The number of nitrogens with one attached hydrogen (secondary N) is 1. The largest absolute Gasteiger partial charge is 0.467 e. The quantitative estimate of drug-likeness (QED) is 0.781. The second-order valence-electron chi connectivity index (χ2n) is 5.97. The molecular weight excluding hydrogens is 320 g/mol. The van der Waals surface area contributed by atoms with Gasteiger partial charge in [0.05, 0.1) is 12.8 Å². The summed E-state index contributed by atoms with van der Waals surface area (Å²) in [5.41, 5.74) is 1.22. The first kappa shape index (κ1) is 18.7. The number of rotatable bonds is 7. The topological polar surface area (TPSA) is 81.4 Å². The summed E-state index contributed by atoms with van der Waals surface area (Å²) in [5, 5.41) is 6.78. The average molecular weight is 344 g/mol. The summed E-state index contributed by atoms with van der Waals surface area (Å²) in [6, 6.07) is 9.15. The monoisotopic (exact) mass is 344 g/mol. The maximum Gasteiger partial charge on any atom is 0.336 e. The molecule has 0 bridgehead atoms. The number of benzene rings is 1. The molecule has 0 spiro atoms. The van der Waals surface area contributed by atoms with E-state index in [-0.39, 0.29) is 12.3 Å². The van der Waals surface area contributed by atoms with Gasteiger partial charge in [-0.05, 0) is 32.3 Å². The Kier molecular flexibility index (Phi) is 5.96. The van der Waals surface area contributed by atoms with Crippen LogP contribution in [0.25, 0.3) is 0 Å². The highest BCUT2D eigenvalue weighted by molar-refractivity contribution is 5.89. The van der Waals surface area contributed by atoms with Crippen molar-refractivity contribution in [1.29, 1.82) is 0 Å². The predicted molar refractivity (Wildman–Crippen MR) is 92.9 cm³/mol. The average Bonchev–Trinajstić information content (AvgIpc) is 2.96. The molecule has 0 aliphatic heterocycles. The van der Waals surface area contributed by atoms with Crippen molar-refractivity contribution < 1.29 is 18.8 Å². The van der Waals surface area contributed by atoms with Crippen LogP contribution in [0.1, 0.15) is 42.3 Å². The Hall–Kier alpha value is -2.63. The van der Waals surface area contributed by atoms with Crippen molar-refractivity contribution >= 4 is 11.9 Å². The highest BCUT2D eigenvalue weighted by atomic mass is 16.5. The van der Waals surface area contributed by atoms with Gasteiger partial charge in [0.2, 0.25) is 5.91 Å². The van der Waals surface area contributed by atoms with Crippen LogP contribution in [0, 0.1) is 13.8 Å². The van der Waals surface area contributed by atoms with E-state index in [1.807, 2.05) is 51.1 Å². The smallest absolute Gasteiger partial charge is 0.336 e. The number of methoxy groups -OCH3 is 1. The van der Waals surface area contributed by atoms with E-state index in [2.05, 4.69) is 10.5 Å². The molecule has 1 N–H and O–H groups in total. The third kappa shape index (κ3) is 3.90. The zero-order valence-corrected chi connectivity index (χ0v) is 15.1. The van der Waals surface area contributed by atoms with E-state index in [9.17, 15) is 9.59 Å². The van der Waals surface area contributed by atoms with Crippen molar-refractivity contribution in [3.63, 3.8) is 0 Å². The standard InChI is InChI=1S/C19H24N2O4/c1-5-19(18(23)24-4,15-9-7-6-8-10-15)20-17(22)12-11-16-13(2)21-25-14(16)3/h6-10H,5,11-12H2,1-4H3,(H,20,22)/t19-/m0/s1. The minimum atomic E-state index is -1.19. The van der Waals surface area contributed by atoms with Crippen LogP contribution < -0.4 is 5.32 Å². The molecule has 25 heavy (non-hydrogen) atoms. The fourth-order valence-electron chi connectivity index (χ4n) is 2.97. The molecule has 2 rings (SSSR count). The second kappa shape index (κ2) is 7.96. The zero-order valence-electron chi connectivity index (χ0n) is 15.1.